The summed E-state index contributed by atoms with van der Waals surface area (Å²) in [6.07, 6.45) is 10.3. The first-order valence-corrected chi connectivity index (χ1v) is 9.59. The maximum absolute atomic E-state index is 13.1. The first-order valence-electron chi connectivity index (χ1n) is 9.59. The lowest BCUT2D eigenvalue weighted by atomic mass is 9.96. The van der Waals surface area contributed by atoms with Crippen LogP contribution in [-0.2, 0) is 26.9 Å². The number of ether oxygens (including phenoxy) is 2. The lowest BCUT2D eigenvalue weighted by molar-refractivity contribution is -0.165. The van der Waals surface area contributed by atoms with Gasteiger partial charge in [-0.1, -0.05) is 26.2 Å². The first kappa shape index (κ1) is 18.4. The fourth-order valence-corrected chi connectivity index (χ4v) is 3.89. The highest BCUT2D eigenvalue weighted by Crippen LogP contribution is 2.30. The molecule has 0 bridgehead atoms. The minimum Gasteiger partial charge on any atom is -0.367 e. The van der Waals surface area contributed by atoms with E-state index >= 15 is 0 Å². The number of aromatic nitrogens is 2. The van der Waals surface area contributed by atoms with Gasteiger partial charge in [-0.05, 0) is 26.2 Å². The maximum atomic E-state index is 13.1. The van der Waals surface area contributed by atoms with E-state index in [0.29, 0.717) is 19.7 Å². The third-order valence-electron chi connectivity index (χ3n) is 5.46. The van der Waals surface area contributed by atoms with Crippen molar-refractivity contribution in [3.63, 3.8) is 0 Å². The Morgan fingerprint density at radius 1 is 1.44 bits per heavy atom. The van der Waals surface area contributed by atoms with Gasteiger partial charge < -0.3 is 14.4 Å². The van der Waals surface area contributed by atoms with Crippen molar-refractivity contribution in [3.8, 4) is 0 Å². The summed E-state index contributed by atoms with van der Waals surface area (Å²) in [7, 11) is 1.89. The number of nitrogens with zero attached hydrogens (tertiary/aromatic N) is 3. The minimum absolute atomic E-state index is 0.103. The Hall–Kier alpha value is -1.40. The number of amides is 1. The van der Waals surface area contributed by atoms with Crippen molar-refractivity contribution in [2.75, 3.05) is 19.7 Å². The van der Waals surface area contributed by atoms with E-state index in [0.717, 1.165) is 24.8 Å². The molecule has 0 radical (unpaired) electrons. The predicted octanol–water partition coefficient (Wildman–Crippen LogP) is 2.62. The lowest BCUT2D eigenvalue weighted by Gasteiger charge is -2.41. The van der Waals surface area contributed by atoms with Crippen LogP contribution in [0, 0.1) is 0 Å². The second-order valence-electron chi connectivity index (χ2n) is 7.53. The molecule has 0 spiro atoms. The molecule has 1 aliphatic heterocycles. The average molecular weight is 349 g/mol. The Bertz CT molecular complexity index is 582. The van der Waals surface area contributed by atoms with Gasteiger partial charge >= 0.3 is 0 Å². The van der Waals surface area contributed by atoms with Gasteiger partial charge in [-0.15, -0.1) is 0 Å². The van der Waals surface area contributed by atoms with Crippen molar-refractivity contribution < 1.29 is 14.3 Å². The Labute approximate surface area is 150 Å². The van der Waals surface area contributed by atoms with Crippen molar-refractivity contribution in [1.82, 2.24) is 14.7 Å². The maximum Gasteiger partial charge on any atom is 0.251 e. The lowest BCUT2D eigenvalue weighted by Crippen LogP contribution is -2.53. The van der Waals surface area contributed by atoms with Crippen LogP contribution < -0.4 is 0 Å². The van der Waals surface area contributed by atoms with Gasteiger partial charge in [0.25, 0.3) is 5.91 Å². The van der Waals surface area contributed by atoms with E-state index in [9.17, 15) is 4.79 Å². The Kier molecular flexibility index (Phi) is 5.79. The second kappa shape index (κ2) is 7.87. The minimum atomic E-state index is -0.509. The van der Waals surface area contributed by atoms with E-state index < -0.39 is 5.60 Å². The van der Waals surface area contributed by atoms with Gasteiger partial charge in [0.1, 0.15) is 11.7 Å². The Morgan fingerprint density at radius 3 is 2.84 bits per heavy atom. The number of carbonyl (C=O) groups is 1. The molecule has 0 aromatic carbocycles. The molecule has 1 aromatic rings. The molecule has 6 nitrogen and oxygen atoms in total. The molecule has 0 unspecified atom stereocenters. The third-order valence-corrected chi connectivity index (χ3v) is 5.46. The van der Waals surface area contributed by atoms with Crippen LogP contribution in [0.25, 0.3) is 0 Å². The third kappa shape index (κ3) is 4.23. The van der Waals surface area contributed by atoms with Crippen LogP contribution in [0.4, 0.5) is 0 Å². The van der Waals surface area contributed by atoms with Gasteiger partial charge in [-0.3, -0.25) is 9.48 Å². The van der Waals surface area contributed by atoms with Crippen LogP contribution in [0.1, 0.15) is 57.9 Å². The number of rotatable bonds is 5. The zero-order valence-electron chi connectivity index (χ0n) is 15.7. The number of aryl methyl sites for hydroxylation is 1. The van der Waals surface area contributed by atoms with Gasteiger partial charge in [0.05, 0.1) is 25.5 Å². The summed E-state index contributed by atoms with van der Waals surface area (Å²) in [6.45, 7) is 5.77. The van der Waals surface area contributed by atoms with Crippen LogP contribution in [-0.4, -0.2) is 52.5 Å². The molecule has 2 fully saturated rings. The molecule has 2 aliphatic rings. The van der Waals surface area contributed by atoms with Crippen molar-refractivity contribution in [3.05, 3.63) is 18.0 Å². The zero-order valence-corrected chi connectivity index (χ0v) is 15.7. The predicted molar refractivity (Wildman–Crippen MR) is 95.1 cm³/mol. The standard InChI is InChI=1S/C19H31N3O3/c1-4-17(25-16-8-6-5-7-9-16)18(23)22-10-11-24-19(2,14-22)15-12-20-21(3)13-15/h12-13,16-17H,4-11,14H2,1-3H3/t17-,19+/m1/s1. The zero-order chi connectivity index (χ0) is 17.9. The summed E-state index contributed by atoms with van der Waals surface area (Å²) in [5.41, 5.74) is 0.499. The smallest absolute Gasteiger partial charge is 0.251 e. The van der Waals surface area contributed by atoms with E-state index in [2.05, 4.69) is 5.10 Å². The summed E-state index contributed by atoms with van der Waals surface area (Å²) in [6, 6.07) is 0. The molecule has 1 amide bonds. The number of carbonyl (C=O) groups excluding carboxylic acids is 1. The highest BCUT2D eigenvalue weighted by Gasteiger charge is 2.38. The first-order chi connectivity index (χ1) is 12.0. The largest absolute Gasteiger partial charge is 0.367 e. The summed E-state index contributed by atoms with van der Waals surface area (Å²) in [5.74, 6) is 0.103. The van der Waals surface area contributed by atoms with E-state index in [1.807, 2.05) is 38.2 Å². The molecule has 140 valence electrons. The molecule has 1 saturated heterocycles. The molecule has 1 aromatic heterocycles. The molecule has 3 rings (SSSR count). The van der Waals surface area contributed by atoms with Crippen molar-refractivity contribution in [2.45, 2.75) is 70.2 Å². The van der Waals surface area contributed by atoms with Gasteiger partial charge in [0.15, 0.2) is 0 Å². The highest BCUT2D eigenvalue weighted by molar-refractivity contribution is 5.81. The molecular formula is C19H31N3O3. The monoisotopic (exact) mass is 349 g/mol. The fraction of sp³-hybridized carbons (Fsp3) is 0.789. The molecule has 2 atom stereocenters. The molecule has 6 heteroatoms. The van der Waals surface area contributed by atoms with Crippen molar-refractivity contribution in [1.29, 1.82) is 0 Å². The van der Waals surface area contributed by atoms with E-state index in [1.54, 1.807) is 4.68 Å². The van der Waals surface area contributed by atoms with Gasteiger partial charge in [0, 0.05) is 25.4 Å². The SMILES string of the molecule is CC[C@@H](OC1CCCCC1)C(=O)N1CCO[C@](C)(c2cnn(C)c2)C1. The molecule has 0 N–H and O–H groups in total. The molecule has 1 aliphatic carbocycles. The Balaban J connectivity index is 1.65. The quantitative estimate of drug-likeness (QED) is 0.820. The Morgan fingerprint density at radius 2 is 2.20 bits per heavy atom. The molecule has 1 saturated carbocycles. The number of morpholine rings is 1. The highest BCUT2D eigenvalue weighted by atomic mass is 16.5. The summed E-state index contributed by atoms with van der Waals surface area (Å²) < 4.78 is 14.0. The normalized spacial score (nSPS) is 26.6. The average Bonchev–Trinajstić information content (AvgIpc) is 3.07. The summed E-state index contributed by atoms with van der Waals surface area (Å²) >= 11 is 0. The van der Waals surface area contributed by atoms with E-state index in [4.69, 9.17) is 9.47 Å². The van der Waals surface area contributed by atoms with Gasteiger partial charge in [0.2, 0.25) is 0 Å². The number of hydrogen-bond acceptors (Lipinski definition) is 4. The molecular weight excluding hydrogens is 318 g/mol. The van der Waals surface area contributed by atoms with Crippen molar-refractivity contribution in [2.24, 2.45) is 7.05 Å². The van der Waals surface area contributed by atoms with Crippen LogP contribution in [0.5, 0.6) is 0 Å². The van der Waals surface area contributed by atoms with Crippen molar-refractivity contribution >= 4 is 5.91 Å². The van der Waals surface area contributed by atoms with Crippen LogP contribution >= 0.6 is 0 Å². The number of hydrogen-bond donors (Lipinski definition) is 0. The van der Waals surface area contributed by atoms with Gasteiger partial charge in [-0.2, -0.15) is 5.10 Å². The molecule has 25 heavy (non-hydrogen) atoms. The van der Waals surface area contributed by atoms with Gasteiger partial charge in [-0.25, -0.2) is 0 Å². The van der Waals surface area contributed by atoms with Crippen LogP contribution in [0.3, 0.4) is 0 Å². The van der Waals surface area contributed by atoms with E-state index in [-0.39, 0.29) is 18.1 Å². The van der Waals surface area contributed by atoms with E-state index in [1.165, 1.54) is 19.3 Å². The fourth-order valence-electron chi connectivity index (χ4n) is 3.89. The summed E-state index contributed by atoms with van der Waals surface area (Å²) in [4.78, 5) is 15.0. The van der Waals surface area contributed by atoms with Crippen LogP contribution in [0.2, 0.25) is 0 Å². The summed E-state index contributed by atoms with van der Waals surface area (Å²) in [5, 5.41) is 4.24. The van der Waals surface area contributed by atoms with Crippen LogP contribution in [0.15, 0.2) is 12.4 Å². The molecule has 2 heterocycles. The topological polar surface area (TPSA) is 56.6 Å². The second-order valence-corrected chi connectivity index (χ2v) is 7.53.